The van der Waals surface area contributed by atoms with E-state index >= 15 is 19.2 Å². The van der Waals surface area contributed by atoms with Gasteiger partial charge in [-0.15, -0.1) is 0 Å². The molecular formula is C85H91Cl3N6O27. The lowest BCUT2D eigenvalue weighted by Crippen LogP contribution is -2.66. The van der Waals surface area contributed by atoms with Gasteiger partial charge in [-0.1, -0.05) is 110 Å². The maximum absolute atomic E-state index is 16.4. The number of Topliss-reactive ketones (excluding diaryl/α,β-unsaturated/α-hetero) is 2. The largest absolute Gasteiger partial charge is 0.508 e. The Morgan fingerprint density at radius 2 is 1.31 bits per heavy atom. The van der Waals surface area contributed by atoms with Crippen molar-refractivity contribution in [2.45, 2.75) is 176 Å². The van der Waals surface area contributed by atoms with Crippen LogP contribution in [0.5, 0.6) is 46.0 Å². The maximum Gasteiger partial charge on any atom is 0.336 e. The van der Waals surface area contributed by atoms with Crippen molar-refractivity contribution >= 4 is 87.8 Å². The summed E-state index contributed by atoms with van der Waals surface area (Å²) in [6, 6.07) is 20.0. The van der Waals surface area contributed by atoms with E-state index in [1.54, 1.807) is 26.0 Å². The number of fused-ring (bicyclic) bond motifs is 15. The number of primary amides is 1. The molecule has 5 amide bonds. The highest BCUT2D eigenvalue weighted by molar-refractivity contribution is 6.32. The fourth-order valence-corrected chi connectivity index (χ4v) is 16.1. The molecule has 2 fully saturated rings. The number of aliphatic hydroxyl groups excluding tert-OH is 6. The molecule has 7 heterocycles. The number of phenolic OH excluding ortho intramolecular Hbond substituents is 3. The van der Waals surface area contributed by atoms with Gasteiger partial charge in [0.15, 0.2) is 47.6 Å². The first-order valence-electron chi connectivity index (χ1n) is 38.6. The predicted molar refractivity (Wildman–Crippen MR) is 430 cm³/mol. The van der Waals surface area contributed by atoms with Crippen molar-refractivity contribution in [1.29, 1.82) is 0 Å². The third-order valence-electron chi connectivity index (χ3n) is 22.0. The molecule has 0 aliphatic carbocycles. The number of carbonyl (C=O) groups excluding carboxylic acids is 8. The van der Waals surface area contributed by atoms with Crippen LogP contribution in [-0.2, 0) is 73.4 Å². The number of rotatable bonds is 20. The zero-order chi connectivity index (χ0) is 87.5. The van der Waals surface area contributed by atoms with E-state index in [9.17, 15) is 75.0 Å². The molecule has 0 saturated carbocycles. The van der Waals surface area contributed by atoms with Gasteiger partial charge in [0.05, 0.1) is 54.4 Å². The molecule has 2 saturated heterocycles. The van der Waals surface area contributed by atoms with Gasteiger partial charge in [-0.05, 0) is 132 Å². The van der Waals surface area contributed by atoms with E-state index < -0.39 is 261 Å². The molecule has 121 heavy (non-hydrogen) atoms. The summed E-state index contributed by atoms with van der Waals surface area (Å²) in [5.74, 6) is -20.4. The standard InChI is InChI=1S/C85H91Cl3N6O27/c1-36(2)21-37(3)78(107)93-69-56(99)25-46(28-64(89)101)79(108)91-67-45-26-60(117-58-19-14-43(71(69)102)23-52(58)87)75(121-84-76(74(105)73(104)63(34-95)119-84)120-65-32-85(5,77(106)38(4)116-65)90-33-62(83(113)114-6)115-35-39-7-9-40(10-8-39)41-11-16-47(86)17-12-41)61(27-45)118-59-20-15-44(24-53(59)88)72(103)70-81(110)92-68(82(111)112)51-29-48(96)30-55(98)66(51)50-22-42(13-18-54(50)97)49(31-57(67)100)80(109)94-70/h7-20,22-24,26-27,29-30,36-38,46,49,62-63,65,67-74,76-77,84,90,95-98,102-106H,21,25,28,31-35H2,1-6H3,(H2,89,101)(H,91,108)(H,92,110)(H,93,107)(H,94,109)(H,111,112)/t37-,38?,46+,49?,62?,63?,65?,67-,68-,69?,70+,71-,72-,73?,74?,76?,77?,84?,85?/m1/s1. The maximum atomic E-state index is 16.4. The molecule has 644 valence electrons. The van der Waals surface area contributed by atoms with E-state index in [0.29, 0.717) is 17.0 Å². The minimum Gasteiger partial charge on any atom is -0.508 e. The molecule has 36 heteroatoms. The number of hydrogen-bond donors (Lipinski definition) is 16. The first-order valence-corrected chi connectivity index (χ1v) is 39.8. The fourth-order valence-electron chi connectivity index (χ4n) is 15.5. The molecule has 0 aromatic heterocycles. The smallest absolute Gasteiger partial charge is 0.336 e. The number of nitrogens with two attached hydrogens (primary N) is 1. The zero-order valence-electron chi connectivity index (χ0n) is 65.9. The van der Waals surface area contributed by atoms with Gasteiger partial charge in [-0.3, -0.25) is 33.6 Å². The number of ketones is 2. The Hall–Kier alpha value is -10.6. The molecule has 0 spiro atoms. The van der Waals surface area contributed by atoms with Gasteiger partial charge >= 0.3 is 11.9 Å². The topological polar surface area (TPSA) is 516 Å². The number of carbonyl (C=O) groups is 9. The van der Waals surface area contributed by atoms with E-state index in [0.717, 1.165) is 71.8 Å². The average Bonchev–Trinajstić information content (AvgIpc) is 0.765. The van der Waals surface area contributed by atoms with E-state index in [1.165, 1.54) is 32.2 Å². The second-order valence-electron chi connectivity index (χ2n) is 31.2. The molecule has 12 unspecified atom stereocenters. The van der Waals surface area contributed by atoms with Crippen LogP contribution in [0.25, 0.3) is 22.3 Å². The highest BCUT2D eigenvalue weighted by atomic mass is 35.5. The summed E-state index contributed by atoms with van der Waals surface area (Å²) < 4.78 is 50.8. The van der Waals surface area contributed by atoms with Crippen LogP contribution in [-0.4, -0.2) is 197 Å². The van der Waals surface area contributed by atoms with E-state index in [-0.39, 0.29) is 53.0 Å². The van der Waals surface area contributed by atoms with Crippen molar-refractivity contribution in [2.75, 3.05) is 20.3 Å². The number of methoxy groups -OCH3 is 1. The molecule has 14 rings (SSSR count). The van der Waals surface area contributed by atoms with E-state index in [1.807, 2.05) is 50.2 Å². The number of aliphatic hydroxyl groups is 6. The number of esters is 1. The Balaban J connectivity index is 1.01. The molecule has 11 bridgehead atoms. The number of halogens is 3. The second-order valence-corrected chi connectivity index (χ2v) is 32.4. The van der Waals surface area contributed by atoms with Crippen LogP contribution in [0, 0.1) is 17.8 Å². The van der Waals surface area contributed by atoms with Gasteiger partial charge in [0.2, 0.25) is 41.6 Å². The zero-order valence-corrected chi connectivity index (χ0v) is 68.1. The number of benzene rings is 7. The highest BCUT2D eigenvalue weighted by Gasteiger charge is 2.53. The van der Waals surface area contributed by atoms with Gasteiger partial charge in [0.25, 0.3) is 0 Å². The van der Waals surface area contributed by atoms with Crippen LogP contribution >= 0.6 is 34.8 Å². The third kappa shape index (κ3) is 20.1. The molecular weight excluding hydrogens is 1640 g/mol. The number of ether oxygens (including phenoxy) is 8. The van der Waals surface area contributed by atoms with Crippen molar-refractivity contribution in [3.8, 4) is 68.2 Å². The summed E-state index contributed by atoms with van der Waals surface area (Å²) in [6.07, 6.45) is -22.6. The number of hydrogen-bond acceptors (Lipinski definition) is 27. The Morgan fingerprint density at radius 3 is 1.92 bits per heavy atom. The van der Waals surface area contributed by atoms with Crippen molar-refractivity contribution < 1.29 is 132 Å². The quantitative estimate of drug-likeness (QED) is 0.0347. The summed E-state index contributed by atoms with van der Waals surface area (Å²) >= 11 is 20.5. The summed E-state index contributed by atoms with van der Waals surface area (Å²) in [6.45, 7) is 7.00. The number of phenols is 3. The lowest BCUT2D eigenvalue weighted by Gasteiger charge is -2.48. The van der Waals surface area contributed by atoms with Crippen LogP contribution < -0.4 is 46.5 Å². The molecule has 7 aliphatic heterocycles. The minimum absolute atomic E-state index is 0.0424. The Bertz CT molecular complexity index is 5100. The Morgan fingerprint density at radius 1 is 0.686 bits per heavy atom. The first-order chi connectivity index (χ1) is 57.4. The number of aromatic hydroxyl groups is 3. The number of nitrogens with one attached hydrogen (secondary N) is 5. The fraction of sp³-hybridized carbons (Fsp3) is 0.400. The summed E-state index contributed by atoms with van der Waals surface area (Å²) in [5, 5.41) is 130. The molecule has 0 radical (unpaired) electrons. The van der Waals surface area contributed by atoms with Crippen LogP contribution in [0.15, 0.2) is 127 Å². The minimum atomic E-state index is -2.28. The van der Waals surface area contributed by atoms with Crippen molar-refractivity contribution in [3.05, 3.63) is 176 Å². The van der Waals surface area contributed by atoms with Gasteiger partial charge in [-0.2, -0.15) is 0 Å². The van der Waals surface area contributed by atoms with E-state index in [2.05, 4.69) is 26.6 Å². The molecule has 17 N–H and O–H groups in total. The normalized spacial score (nSPS) is 26.8. The van der Waals surface area contributed by atoms with E-state index in [4.69, 9.17) is 78.4 Å². The van der Waals surface area contributed by atoms with Crippen LogP contribution in [0.3, 0.4) is 0 Å². The van der Waals surface area contributed by atoms with Gasteiger partial charge in [0.1, 0.15) is 77.4 Å². The SMILES string of the molecule is COC(=O)C(CNC1(C)CC(OC2C(Oc3c4cc5cc3Oc3ccc(cc3Cl)[C@@H](O)[C@@H]3NC(=O)C(CC(=O)[C@@H]5NC(=O)[C@H](CC(N)=O)CC(=O)C(NC(=O)[C@H](C)CC(C)C)[C@H](O)c5ccc(c(Cl)c5)O4)c4ccc(O)c(c4)-c4c(O)cc(O)cc4[C@H](C(=O)O)NC3=O)OC(CO)C(O)C2O)OC(C)C1O)OCc1ccc(-c2ccc(Cl)cc2)cc1. The summed E-state index contributed by atoms with van der Waals surface area (Å²) in [5.41, 5.74) is 4.27. The molecule has 19 atom stereocenters. The summed E-state index contributed by atoms with van der Waals surface area (Å²) in [4.78, 5) is 132. The third-order valence-corrected chi connectivity index (χ3v) is 22.8. The summed E-state index contributed by atoms with van der Waals surface area (Å²) in [7, 11) is 1.17. The lowest BCUT2D eigenvalue weighted by molar-refractivity contribution is -0.334. The first kappa shape index (κ1) is 89.7. The lowest BCUT2D eigenvalue weighted by atomic mass is 9.84. The van der Waals surface area contributed by atoms with Crippen LogP contribution in [0.1, 0.15) is 130 Å². The molecule has 7 aliphatic rings. The van der Waals surface area contributed by atoms with Gasteiger partial charge in [-0.25, -0.2) is 9.59 Å². The second kappa shape index (κ2) is 37.8. The number of amides is 5. The Kier molecular flexibility index (Phi) is 28.0. The number of aliphatic carboxylic acids is 1. The van der Waals surface area contributed by atoms with Crippen molar-refractivity contribution in [3.63, 3.8) is 0 Å². The monoisotopic (exact) mass is 1730 g/mol. The number of carboxylic acids is 1. The molecule has 7 aromatic rings. The Labute approximate surface area is 707 Å². The number of carboxylic acid groups (broad SMARTS) is 1. The molecule has 7 aromatic carbocycles. The van der Waals surface area contributed by atoms with Crippen molar-refractivity contribution in [1.82, 2.24) is 26.6 Å². The van der Waals surface area contributed by atoms with Gasteiger partial charge < -0.3 is 121 Å². The highest BCUT2D eigenvalue weighted by Crippen LogP contribution is 2.51. The van der Waals surface area contributed by atoms with Crippen LogP contribution in [0.2, 0.25) is 15.1 Å². The van der Waals surface area contributed by atoms with Crippen molar-refractivity contribution in [2.24, 2.45) is 23.5 Å². The predicted octanol–water partition coefficient (Wildman–Crippen LogP) is 6.84. The molecule has 33 nitrogen and oxygen atoms in total. The van der Waals surface area contributed by atoms with Crippen LogP contribution in [0.4, 0.5) is 0 Å². The average molecular weight is 1740 g/mol. The van der Waals surface area contributed by atoms with Gasteiger partial charge in [0, 0.05) is 71.5 Å².